The summed E-state index contributed by atoms with van der Waals surface area (Å²) in [7, 11) is -1.99. The van der Waals surface area contributed by atoms with Crippen molar-refractivity contribution in [3.63, 3.8) is 0 Å². The fraction of sp³-hybridized carbons (Fsp3) is 0.240. The average molecular weight is 453 g/mol. The van der Waals surface area contributed by atoms with Gasteiger partial charge in [0.1, 0.15) is 5.75 Å². The molecule has 3 aromatic rings. The number of sulfonamides is 1. The highest BCUT2D eigenvalue weighted by Crippen LogP contribution is 2.21. The van der Waals surface area contributed by atoms with Crippen molar-refractivity contribution in [2.24, 2.45) is 0 Å². The molecule has 6 nitrogen and oxygen atoms in total. The molecule has 0 saturated carbocycles. The van der Waals surface area contributed by atoms with Gasteiger partial charge in [-0.25, -0.2) is 13.1 Å². The van der Waals surface area contributed by atoms with Crippen LogP contribution in [-0.2, 0) is 14.8 Å². The van der Waals surface area contributed by atoms with E-state index in [1.165, 1.54) is 12.1 Å². The molecule has 0 saturated heterocycles. The van der Waals surface area contributed by atoms with Crippen molar-refractivity contribution >= 4 is 21.6 Å². The van der Waals surface area contributed by atoms with Crippen molar-refractivity contribution in [3.05, 3.63) is 89.5 Å². The van der Waals surface area contributed by atoms with Gasteiger partial charge in [-0.3, -0.25) is 4.79 Å². The van der Waals surface area contributed by atoms with E-state index in [-0.39, 0.29) is 23.5 Å². The Labute approximate surface area is 189 Å². The first-order chi connectivity index (χ1) is 15.2. The van der Waals surface area contributed by atoms with Crippen LogP contribution in [-0.4, -0.2) is 28.0 Å². The van der Waals surface area contributed by atoms with Crippen LogP contribution in [0.5, 0.6) is 5.75 Å². The summed E-state index contributed by atoms with van der Waals surface area (Å²) in [5.41, 5.74) is 3.94. The molecule has 7 heteroatoms. The molecule has 0 heterocycles. The van der Waals surface area contributed by atoms with E-state index in [4.69, 9.17) is 4.74 Å². The number of hydrogen-bond acceptors (Lipinski definition) is 4. The summed E-state index contributed by atoms with van der Waals surface area (Å²) in [5.74, 6) is 0.213. The van der Waals surface area contributed by atoms with Gasteiger partial charge in [-0.15, -0.1) is 0 Å². The second-order valence-corrected chi connectivity index (χ2v) is 9.45. The van der Waals surface area contributed by atoms with Gasteiger partial charge in [0.15, 0.2) is 6.61 Å². The Kier molecular flexibility index (Phi) is 7.33. The second kappa shape index (κ2) is 9.97. The molecule has 0 bridgehead atoms. The number of nitrogens with one attached hydrogen (secondary N) is 1. The summed E-state index contributed by atoms with van der Waals surface area (Å²) in [6.45, 7) is 5.66. The van der Waals surface area contributed by atoms with Crippen molar-refractivity contribution in [1.29, 1.82) is 0 Å². The SMILES string of the molecule is Cc1ccc(N(C)C(=O)COc2ccc(S(=O)(=O)N[C@H](C)c3ccccc3)cc2)cc1C. The van der Waals surface area contributed by atoms with Gasteiger partial charge in [0.05, 0.1) is 4.90 Å². The number of rotatable bonds is 8. The van der Waals surface area contributed by atoms with E-state index in [9.17, 15) is 13.2 Å². The summed E-state index contributed by atoms with van der Waals surface area (Å²) in [4.78, 5) is 14.2. The summed E-state index contributed by atoms with van der Waals surface area (Å²) in [6.07, 6.45) is 0. The minimum absolute atomic E-state index is 0.131. The Morgan fingerprint density at radius 1 is 0.969 bits per heavy atom. The minimum atomic E-state index is -3.69. The van der Waals surface area contributed by atoms with Crippen LogP contribution >= 0.6 is 0 Å². The number of benzene rings is 3. The number of carbonyl (C=O) groups is 1. The fourth-order valence-corrected chi connectivity index (χ4v) is 4.38. The van der Waals surface area contributed by atoms with Crippen LogP contribution in [0.4, 0.5) is 5.69 Å². The Bertz CT molecular complexity index is 1180. The van der Waals surface area contributed by atoms with Crippen LogP contribution in [0.2, 0.25) is 0 Å². The van der Waals surface area contributed by atoms with Crippen molar-refractivity contribution in [2.45, 2.75) is 31.7 Å². The van der Waals surface area contributed by atoms with Gasteiger partial charge in [-0.05, 0) is 73.9 Å². The highest BCUT2D eigenvalue weighted by atomic mass is 32.2. The molecule has 168 valence electrons. The third kappa shape index (κ3) is 5.75. The van der Waals surface area contributed by atoms with Crippen molar-refractivity contribution in [2.75, 3.05) is 18.6 Å². The topological polar surface area (TPSA) is 75.7 Å². The van der Waals surface area contributed by atoms with Crippen molar-refractivity contribution in [1.82, 2.24) is 4.72 Å². The largest absolute Gasteiger partial charge is 0.484 e. The lowest BCUT2D eigenvalue weighted by molar-refractivity contribution is -0.120. The molecule has 0 radical (unpaired) electrons. The number of aryl methyl sites for hydroxylation is 2. The van der Waals surface area contributed by atoms with E-state index < -0.39 is 10.0 Å². The normalized spacial score (nSPS) is 12.2. The summed E-state index contributed by atoms with van der Waals surface area (Å²) in [6, 6.07) is 20.8. The van der Waals surface area contributed by atoms with E-state index in [2.05, 4.69) is 4.72 Å². The average Bonchev–Trinajstić information content (AvgIpc) is 2.79. The predicted octanol–water partition coefficient (Wildman–Crippen LogP) is 4.38. The van der Waals surface area contributed by atoms with Gasteiger partial charge in [0, 0.05) is 18.8 Å². The molecule has 0 aromatic heterocycles. The summed E-state index contributed by atoms with van der Waals surface area (Å²) < 4.78 is 33.6. The Morgan fingerprint density at radius 3 is 2.25 bits per heavy atom. The van der Waals surface area contributed by atoms with Gasteiger partial charge in [-0.1, -0.05) is 36.4 Å². The number of hydrogen-bond donors (Lipinski definition) is 1. The maximum Gasteiger partial charge on any atom is 0.264 e. The quantitative estimate of drug-likeness (QED) is 0.550. The van der Waals surface area contributed by atoms with Gasteiger partial charge in [0.25, 0.3) is 5.91 Å². The monoisotopic (exact) mass is 452 g/mol. The maximum absolute atomic E-state index is 12.7. The first-order valence-electron chi connectivity index (χ1n) is 10.3. The van der Waals surface area contributed by atoms with Crippen molar-refractivity contribution < 1.29 is 17.9 Å². The third-order valence-corrected chi connectivity index (χ3v) is 6.94. The van der Waals surface area contributed by atoms with E-state index in [0.717, 1.165) is 22.4 Å². The van der Waals surface area contributed by atoms with Gasteiger partial charge in [-0.2, -0.15) is 0 Å². The zero-order valence-electron chi connectivity index (χ0n) is 18.7. The molecule has 0 aliphatic rings. The van der Waals surface area contributed by atoms with Gasteiger partial charge in [0.2, 0.25) is 10.0 Å². The lowest BCUT2D eigenvalue weighted by Crippen LogP contribution is -2.31. The molecule has 0 aliphatic heterocycles. The van der Waals surface area contributed by atoms with E-state index in [1.54, 1.807) is 31.0 Å². The second-order valence-electron chi connectivity index (χ2n) is 7.74. The number of ether oxygens (including phenoxy) is 1. The third-order valence-electron chi connectivity index (χ3n) is 5.38. The van der Waals surface area contributed by atoms with Crippen molar-refractivity contribution in [3.8, 4) is 5.75 Å². The number of amides is 1. The Morgan fingerprint density at radius 2 is 1.62 bits per heavy atom. The molecular formula is C25H28N2O4S. The Balaban J connectivity index is 1.60. The highest BCUT2D eigenvalue weighted by molar-refractivity contribution is 7.89. The molecule has 0 unspecified atom stereocenters. The van der Waals surface area contributed by atoms with Crippen LogP contribution in [0.1, 0.15) is 29.7 Å². The standard InChI is InChI=1S/C25H28N2O4S/c1-18-10-11-22(16-19(18)2)27(4)25(28)17-31-23-12-14-24(15-13-23)32(29,30)26-20(3)21-8-6-5-7-9-21/h5-16,20,26H,17H2,1-4H3/t20-/m1/s1. The minimum Gasteiger partial charge on any atom is -0.484 e. The molecule has 0 spiro atoms. The predicted molar refractivity (Wildman–Crippen MR) is 126 cm³/mol. The first-order valence-corrected chi connectivity index (χ1v) is 11.8. The summed E-state index contributed by atoms with van der Waals surface area (Å²) in [5, 5.41) is 0. The molecule has 0 aliphatic carbocycles. The number of likely N-dealkylation sites (N-methyl/N-ethyl adjacent to an activating group) is 1. The molecule has 0 fully saturated rings. The number of carbonyl (C=O) groups excluding carboxylic acids is 1. The maximum atomic E-state index is 12.7. The molecule has 1 amide bonds. The molecule has 32 heavy (non-hydrogen) atoms. The Hall–Kier alpha value is -3.16. The number of anilines is 1. The van der Waals surface area contributed by atoms with Crippen LogP contribution in [0.3, 0.4) is 0 Å². The smallest absolute Gasteiger partial charge is 0.264 e. The first kappa shape index (κ1) is 23.5. The lowest BCUT2D eigenvalue weighted by atomic mass is 10.1. The lowest BCUT2D eigenvalue weighted by Gasteiger charge is -2.19. The molecule has 3 rings (SSSR count). The fourth-order valence-electron chi connectivity index (χ4n) is 3.15. The van der Waals surface area contributed by atoms with Gasteiger partial charge >= 0.3 is 0 Å². The van der Waals surface area contributed by atoms with E-state index in [0.29, 0.717) is 5.75 Å². The van der Waals surface area contributed by atoms with Crippen LogP contribution in [0, 0.1) is 13.8 Å². The number of nitrogens with zero attached hydrogens (tertiary/aromatic N) is 1. The van der Waals surface area contributed by atoms with E-state index >= 15 is 0 Å². The van der Waals surface area contributed by atoms with E-state index in [1.807, 2.05) is 62.4 Å². The molecule has 3 aromatic carbocycles. The van der Waals surface area contributed by atoms with Crippen LogP contribution < -0.4 is 14.4 Å². The molecule has 1 atom stereocenters. The summed E-state index contributed by atoms with van der Waals surface area (Å²) >= 11 is 0. The molecular weight excluding hydrogens is 424 g/mol. The molecule has 1 N–H and O–H groups in total. The zero-order valence-corrected chi connectivity index (χ0v) is 19.5. The highest BCUT2D eigenvalue weighted by Gasteiger charge is 2.19. The van der Waals surface area contributed by atoms with Crippen LogP contribution in [0.15, 0.2) is 77.7 Å². The van der Waals surface area contributed by atoms with Crippen LogP contribution in [0.25, 0.3) is 0 Å². The zero-order chi connectivity index (χ0) is 23.3. The van der Waals surface area contributed by atoms with Gasteiger partial charge < -0.3 is 9.64 Å².